The molecule has 0 atom stereocenters. The van der Waals surface area contributed by atoms with Crippen molar-refractivity contribution in [2.24, 2.45) is 0 Å². The highest BCUT2D eigenvalue weighted by molar-refractivity contribution is 7.13. The van der Waals surface area contributed by atoms with Crippen molar-refractivity contribution in [3.63, 3.8) is 0 Å². The lowest BCUT2D eigenvalue weighted by Gasteiger charge is -2.10. The average Bonchev–Trinajstić information content (AvgIpc) is 3.29. The third-order valence-corrected chi connectivity index (χ3v) is 5.03. The lowest BCUT2D eigenvalue weighted by Crippen LogP contribution is -2.14. The first-order chi connectivity index (χ1) is 12.9. The van der Waals surface area contributed by atoms with Gasteiger partial charge in [-0.25, -0.2) is 0 Å². The Kier molecular flexibility index (Phi) is 4.00. The number of benzene rings is 1. The number of nitrogens with zero attached hydrogens (tertiary/aromatic N) is 1. The van der Waals surface area contributed by atoms with Gasteiger partial charge in [0.05, 0.1) is 16.8 Å². The van der Waals surface area contributed by atoms with E-state index in [1.165, 1.54) is 11.3 Å². The number of hydrogen-bond acceptors (Lipinski definition) is 5. The first kappa shape index (κ1) is 17.3. The summed E-state index contributed by atoms with van der Waals surface area (Å²) < 4.78 is 45.2. The number of ketones is 1. The van der Waals surface area contributed by atoms with Crippen LogP contribution in [0.1, 0.15) is 21.7 Å². The Hall–Kier alpha value is -3.13. The number of nitrogens with two attached hydrogens (primary N) is 1. The molecule has 4 nitrogen and oxygen atoms in total. The van der Waals surface area contributed by atoms with Crippen molar-refractivity contribution in [3.8, 4) is 10.4 Å². The first-order valence-corrected chi connectivity index (χ1v) is 8.66. The number of halogens is 3. The molecule has 0 unspecified atom stereocenters. The Morgan fingerprint density at radius 2 is 2.00 bits per heavy atom. The molecule has 0 saturated heterocycles. The van der Waals surface area contributed by atoms with E-state index in [4.69, 9.17) is 10.2 Å². The quantitative estimate of drug-likeness (QED) is 0.478. The number of rotatable bonds is 3. The standard InChI is InChI=1S/C19H11F3N2O2S/c20-19(21,22)13-5-6-24-9-12(13)17(25)18-16(23)11-4-3-10(8-14(11)26-18)15-2-1-7-27-15/h1-9H,23H2. The molecule has 0 spiro atoms. The Morgan fingerprint density at radius 3 is 2.70 bits per heavy atom. The molecule has 2 N–H and O–H groups in total. The molecule has 4 aromatic rings. The molecule has 3 heterocycles. The van der Waals surface area contributed by atoms with Gasteiger partial charge in [0, 0.05) is 22.7 Å². The number of carbonyl (C=O) groups excluding carboxylic acids is 1. The van der Waals surface area contributed by atoms with Crippen molar-refractivity contribution in [1.29, 1.82) is 0 Å². The predicted octanol–water partition coefficient (Wildman–Crippen LogP) is 5.39. The number of carbonyl (C=O) groups is 1. The summed E-state index contributed by atoms with van der Waals surface area (Å²) in [7, 11) is 0. The Balaban J connectivity index is 1.83. The van der Waals surface area contributed by atoms with Crippen LogP contribution in [0.25, 0.3) is 21.4 Å². The molecule has 8 heteroatoms. The molecule has 0 aliphatic heterocycles. The fourth-order valence-electron chi connectivity index (χ4n) is 2.83. The minimum Gasteiger partial charge on any atom is -0.450 e. The lowest BCUT2D eigenvalue weighted by molar-refractivity contribution is -0.137. The van der Waals surface area contributed by atoms with Crippen LogP contribution in [0, 0.1) is 0 Å². The molecule has 0 aliphatic carbocycles. The van der Waals surface area contributed by atoms with E-state index >= 15 is 0 Å². The van der Waals surface area contributed by atoms with Gasteiger partial charge in [-0.3, -0.25) is 9.78 Å². The molecular weight excluding hydrogens is 377 g/mol. The van der Waals surface area contributed by atoms with Crippen LogP contribution >= 0.6 is 11.3 Å². The summed E-state index contributed by atoms with van der Waals surface area (Å²) in [6.07, 6.45) is -2.84. The third kappa shape index (κ3) is 2.97. The zero-order valence-electron chi connectivity index (χ0n) is 13.6. The summed E-state index contributed by atoms with van der Waals surface area (Å²) in [5.74, 6) is -1.28. The topological polar surface area (TPSA) is 69.1 Å². The monoisotopic (exact) mass is 388 g/mol. The lowest BCUT2D eigenvalue weighted by atomic mass is 10.0. The molecule has 3 aromatic heterocycles. The average molecular weight is 388 g/mol. The number of thiophene rings is 1. The van der Waals surface area contributed by atoms with Crippen LogP contribution in [0.5, 0.6) is 0 Å². The molecule has 27 heavy (non-hydrogen) atoms. The van der Waals surface area contributed by atoms with Gasteiger partial charge < -0.3 is 10.2 Å². The molecule has 0 amide bonds. The van der Waals surface area contributed by atoms with E-state index in [1.807, 2.05) is 23.6 Å². The molecule has 0 aliphatic rings. The molecule has 0 fully saturated rings. The summed E-state index contributed by atoms with van der Waals surface area (Å²) >= 11 is 1.53. The maximum absolute atomic E-state index is 13.2. The zero-order chi connectivity index (χ0) is 19.2. The molecule has 0 saturated carbocycles. The first-order valence-electron chi connectivity index (χ1n) is 7.78. The van der Waals surface area contributed by atoms with Gasteiger partial charge in [0.15, 0.2) is 5.76 Å². The van der Waals surface area contributed by atoms with E-state index in [9.17, 15) is 18.0 Å². The van der Waals surface area contributed by atoms with Crippen molar-refractivity contribution in [1.82, 2.24) is 4.98 Å². The van der Waals surface area contributed by atoms with Crippen LogP contribution in [0.15, 0.2) is 58.6 Å². The summed E-state index contributed by atoms with van der Waals surface area (Å²) in [5, 5.41) is 2.39. The number of furan rings is 1. The summed E-state index contributed by atoms with van der Waals surface area (Å²) in [5.41, 5.74) is 5.51. The van der Waals surface area contributed by atoms with Crippen LogP contribution in [-0.4, -0.2) is 10.8 Å². The summed E-state index contributed by atoms with van der Waals surface area (Å²) in [6.45, 7) is 0. The van der Waals surface area contributed by atoms with E-state index < -0.39 is 23.1 Å². The number of alkyl halides is 3. The molecule has 1 aromatic carbocycles. The van der Waals surface area contributed by atoms with Gasteiger partial charge in [-0.05, 0) is 35.2 Å². The summed E-state index contributed by atoms with van der Waals surface area (Å²) in [6, 6.07) is 9.79. The van der Waals surface area contributed by atoms with Gasteiger partial charge in [0.1, 0.15) is 5.58 Å². The van der Waals surface area contributed by atoms with E-state index in [-0.39, 0.29) is 11.4 Å². The second-order valence-corrected chi connectivity index (χ2v) is 6.73. The Bertz CT molecular complexity index is 1150. The van der Waals surface area contributed by atoms with Crippen molar-refractivity contribution < 1.29 is 22.4 Å². The second kappa shape index (κ2) is 6.24. The normalized spacial score (nSPS) is 11.8. The second-order valence-electron chi connectivity index (χ2n) is 5.78. The van der Waals surface area contributed by atoms with E-state index in [0.29, 0.717) is 11.0 Å². The van der Waals surface area contributed by atoms with Gasteiger partial charge in [0.25, 0.3) is 0 Å². The molecule has 4 rings (SSSR count). The van der Waals surface area contributed by atoms with Gasteiger partial charge >= 0.3 is 6.18 Å². The van der Waals surface area contributed by atoms with Crippen molar-refractivity contribution in [3.05, 3.63) is 71.1 Å². The number of aromatic nitrogens is 1. The maximum atomic E-state index is 13.2. The molecular formula is C19H11F3N2O2S. The minimum atomic E-state index is -4.69. The summed E-state index contributed by atoms with van der Waals surface area (Å²) in [4.78, 5) is 17.3. The number of anilines is 1. The minimum absolute atomic E-state index is 0.00436. The predicted molar refractivity (Wildman–Crippen MR) is 96.6 cm³/mol. The van der Waals surface area contributed by atoms with E-state index in [0.717, 1.165) is 28.9 Å². The third-order valence-electron chi connectivity index (χ3n) is 4.11. The van der Waals surface area contributed by atoms with Crippen LogP contribution in [0.3, 0.4) is 0 Å². The van der Waals surface area contributed by atoms with Gasteiger partial charge in [-0.2, -0.15) is 13.2 Å². The Morgan fingerprint density at radius 1 is 1.19 bits per heavy atom. The number of hydrogen-bond donors (Lipinski definition) is 1. The maximum Gasteiger partial charge on any atom is 0.417 e. The Labute approximate surface area is 155 Å². The highest BCUT2D eigenvalue weighted by Gasteiger charge is 2.36. The van der Waals surface area contributed by atoms with Crippen molar-refractivity contribution >= 4 is 33.8 Å². The van der Waals surface area contributed by atoms with E-state index in [1.54, 1.807) is 12.1 Å². The molecule has 0 radical (unpaired) electrons. The number of nitrogen functional groups attached to an aromatic ring is 1. The van der Waals surface area contributed by atoms with Crippen LogP contribution < -0.4 is 5.73 Å². The zero-order valence-corrected chi connectivity index (χ0v) is 14.4. The fraction of sp³-hybridized carbons (Fsp3) is 0.0526. The molecule has 0 bridgehead atoms. The number of pyridine rings is 1. The smallest absolute Gasteiger partial charge is 0.417 e. The SMILES string of the molecule is Nc1c(C(=O)c2cnccc2C(F)(F)F)oc2cc(-c3cccs3)ccc12. The largest absolute Gasteiger partial charge is 0.450 e. The van der Waals surface area contributed by atoms with E-state index in [2.05, 4.69) is 4.98 Å². The fourth-order valence-corrected chi connectivity index (χ4v) is 3.55. The number of fused-ring (bicyclic) bond motifs is 1. The van der Waals surface area contributed by atoms with Crippen LogP contribution in [-0.2, 0) is 6.18 Å². The van der Waals surface area contributed by atoms with Gasteiger partial charge in [0.2, 0.25) is 5.78 Å². The van der Waals surface area contributed by atoms with Crippen LogP contribution in [0.2, 0.25) is 0 Å². The van der Waals surface area contributed by atoms with Gasteiger partial charge in [-0.1, -0.05) is 12.1 Å². The van der Waals surface area contributed by atoms with Gasteiger partial charge in [-0.15, -0.1) is 11.3 Å². The van der Waals surface area contributed by atoms with Crippen molar-refractivity contribution in [2.75, 3.05) is 5.73 Å². The highest BCUT2D eigenvalue weighted by atomic mass is 32.1. The molecule has 136 valence electrons. The van der Waals surface area contributed by atoms with Crippen LogP contribution in [0.4, 0.5) is 18.9 Å². The van der Waals surface area contributed by atoms with Crippen molar-refractivity contribution in [2.45, 2.75) is 6.18 Å². The highest BCUT2D eigenvalue weighted by Crippen LogP contribution is 2.37.